The average Bonchev–Trinajstić information content (AvgIpc) is 3.01. The molecule has 0 saturated heterocycles. The van der Waals surface area contributed by atoms with Gasteiger partial charge >= 0.3 is 11.9 Å². The van der Waals surface area contributed by atoms with Gasteiger partial charge in [-0.05, 0) is 64.3 Å². The number of amides is 1. The SMILES string of the molecule is CCOC(=O)c1c(NC(=O)CCc2ccc(OC)cc2)sc(C(=O)OC(C)(C)C)c1C. The zero-order valence-corrected chi connectivity index (χ0v) is 19.6. The van der Waals surface area contributed by atoms with E-state index in [2.05, 4.69) is 5.32 Å². The van der Waals surface area contributed by atoms with Crippen molar-refractivity contribution in [1.29, 1.82) is 0 Å². The van der Waals surface area contributed by atoms with Crippen LogP contribution in [0.3, 0.4) is 0 Å². The molecule has 0 aliphatic carbocycles. The predicted molar refractivity (Wildman–Crippen MR) is 120 cm³/mol. The molecule has 0 spiro atoms. The fourth-order valence-electron chi connectivity index (χ4n) is 2.81. The number of nitrogens with one attached hydrogen (secondary N) is 1. The van der Waals surface area contributed by atoms with Crippen LogP contribution in [-0.2, 0) is 20.7 Å². The van der Waals surface area contributed by atoms with Crippen molar-refractivity contribution in [2.24, 2.45) is 0 Å². The zero-order chi connectivity index (χ0) is 23.2. The number of ether oxygens (including phenoxy) is 3. The van der Waals surface area contributed by atoms with Crippen molar-refractivity contribution in [2.75, 3.05) is 19.0 Å². The van der Waals surface area contributed by atoms with Gasteiger partial charge in [0, 0.05) is 6.42 Å². The third kappa shape index (κ3) is 6.82. The van der Waals surface area contributed by atoms with Crippen LogP contribution in [0.25, 0.3) is 0 Å². The van der Waals surface area contributed by atoms with E-state index < -0.39 is 17.5 Å². The summed E-state index contributed by atoms with van der Waals surface area (Å²) in [6.45, 7) is 8.82. The van der Waals surface area contributed by atoms with E-state index in [-0.39, 0.29) is 34.4 Å². The molecule has 0 atom stereocenters. The van der Waals surface area contributed by atoms with E-state index in [0.717, 1.165) is 22.6 Å². The van der Waals surface area contributed by atoms with E-state index >= 15 is 0 Å². The average molecular weight is 448 g/mol. The first-order chi connectivity index (χ1) is 14.6. The molecule has 31 heavy (non-hydrogen) atoms. The molecule has 1 amide bonds. The fraction of sp³-hybridized carbons (Fsp3) is 0.435. The lowest BCUT2D eigenvalue weighted by molar-refractivity contribution is -0.116. The lowest BCUT2D eigenvalue weighted by Crippen LogP contribution is -2.23. The standard InChI is InChI=1S/C23H29NO6S/c1-7-29-21(26)18-14(2)19(22(27)30-23(3,4)5)31-20(18)24-17(25)13-10-15-8-11-16(28-6)12-9-15/h8-9,11-12H,7,10,13H2,1-6H3,(H,24,25). The molecule has 2 rings (SSSR count). The highest BCUT2D eigenvalue weighted by atomic mass is 32.1. The van der Waals surface area contributed by atoms with Crippen LogP contribution in [0.15, 0.2) is 24.3 Å². The number of thiophene rings is 1. The first kappa shape index (κ1) is 24.4. The van der Waals surface area contributed by atoms with Gasteiger partial charge in [0.2, 0.25) is 5.91 Å². The highest BCUT2D eigenvalue weighted by Gasteiger charge is 2.29. The number of carbonyl (C=O) groups excluding carboxylic acids is 3. The number of hydrogen-bond acceptors (Lipinski definition) is 7. The van der Waals surface area contributed by atoms with Crippen molar-refractivity contribution in [2.45, 2.75) is 53.1 Å². The van der Waals surface area contributed by atoms with Gasteiger partial charge in [-0.15, -0.1) is 11.3 Å². The van der Waals surface area contributed by atoms with Gasteiger partial charge in [-0.1, -0.05) is 12.1 Å². The van der Waals surface area contributed by atoms with Crippen LogP contribution in [0.4, 0.5) is 5.00 Å². The van der Waals surface area contributed by atoms with Crippen molar-refractivity contribution >= 4 is 34.2 Å². The predicted octanol–water partition coefficient (Wildman–Crippen LogP) is 4.77. The normalized spacial score (nSPS) is 11.0. The number of methoxy groups -OCH3 is 1. The summed E-state index contributed by atoms with van der Waals surface area (Å²) in [5.74, 6) is -0.648. The molecule has 1 heterocycles. The molecule has 0 fully saturated rings. The van der Waals surface area contributed by atoms with Crippen molar-refractivity contribution in [3.8, 4) is 5.75 Å². The minimum atomic E-state index is -0.681. The van der Waals surface area contributed by atoms with Crippen molar-refractivity contribution in [3.05, 3.63) is 45.8 Å². The fourth-order valence-corrected chi connectivity index (χ4v) is 3.90. The molecule has 0 bridgehead atoms. The third-order valence-electron chi connectivity index (χ3n) is 4.26. The van der Waals surface area contributed by atoms with Gasteiger partial charge < -0.3 is 19.5 Å². The largest absolute Gasteiger partial charge is 0.497 e. The highest BCUT2D eigenvalue weighted by molar-refractivity contribution is 7.18. The van der Waals surface area contributed by atoms with Gasteiger partial charge in [-0.2, -0.15) is 0 Å². The summed E-state index contributed by atoms with van der Waals surface area (Å²) in [5, 5.41) is 3.06. The minimum absolute atomic E-state index is 0.181. The Kier molecular flexibility index (Phi) is 8.21. The molecule has 1 aromatic heterocycles. The smallest absolute Gasteiger partial charge is 0.349 e. The summed E-state index contributed by atoms with van der Waals surface area (Å²) in [6, 6.07) is 7.46. The van der Waals surface area contributed by atoms with Crippen LogP contribution >= 0.6 is 11.3 Å². The molecule has 1 aromatic carbocycles. The lowest BCUT2D eigenvalue weighted by atomic mass is 10.1. The molecular formula is C23H29NO6S. The van der Waals surface area contributed by atoms with Crippen molar-refractivity contribution in [1.82, 2.24) is 0 Å². The summed E-state index contributed by atoms with van der Waals surface area (Å²) in [4.78, 5) is 37.9. The molecule has 0 aliphatic heterocycles. The van der Waals surface area contributed by atoms with E-state index in [4.69, 9.17) is 14.2 Å². The first-order valence-corrected chi connectivity index (χ1v) is 10.8. The molecule has 7 nitrogen and oxygen atoms in total. The summed E-state index contributed by atoms with van der Waals surface area (Å²) in [7, 11) is 1.60. The molecule has 0 radical (unpaired) electrons. The molecule has 2 aromatic rings. The van der Waals surface area contributed by atoms with Gasteiger partial charge in [-0.25, -0.2) is 9.59 Å². The van der Waals surface area contributed by atoms with Gasteiger partial charge in [0.05, 0.1) is 19.3 Å². The molecule has 0 aliphatic rings. The number of aryl methyl sites for hydroxylation is 1. The zero-order valence-electron chi connectivity index (χ0n) is 18.8. The van der Waals surface area contributed by atoms with Crippen LogP contribution in [-0.4, -0.2) is 37.2 Å². The number of hydrogen-bond donors (Lipinski definition) is 1. The Bertz CT molecular complexity index is 940. The number of rotatable bonds is 8. The Labute approximate surface area is 186 Å². The van der Waals surface area contributed by atoms with Crippen molar-refractivity contribution < 1.29 is 28.6 Å². The lowest BCUT2D eigenvalue weighted by Gasteiger charge is -2.19. The second kappa shape index (κ2) is 10.4. The maximum absolute atomic E-state index is 12.6. The quantitative estimate of drug-likeness (QED) is 0.586. The molecule has 0 unspecified atom stereocenters. The van der Waals surface area contributed by atoms with Crippen LogP contribution in [0, 0.1) is 6.92 Å². The first-order valence-electron chi connectivity index (χ1n) is 10.0. The second-order valence-corrected chi connectivity index (χ2v) is 8.90. The molecule has 168 valence electrons. The molecular weight excluding hydrogens is 418 g/mol. The van der Waals surface area contributed by atoms with E-state index in [1.165, 1.54) is 0 Å². The summed E-state index contributed by atoms with van der Waals surface area (Å²) in [5.41, 5.74) is 0.923. The van der Waals surface area contributed by atoms with Gasteiger partial charge in [0.15, 0.2) is 0 Å². The Hall–Kier alpha value is -2.87. The Balaban J connectivity index is 2.20. The number of esters is 2. The molecule has 0 saturated carbocycles. The number of benzene rings is 1. The Morgan fingerprint density at radius 3 is 2.26 bits per heavy atom. The molecule has 1 N–H and O–H groups in total. The number of carbonyl (C=O) groups is 3. The van der Waals surface area contributed by atoms with Crippen LogP contribution in [0.1, 0.15) is 65.3 Å². The maximum atomic E-state index is 12.6. The molecule has 8 heteroatoms. The monoisotopic (exact) mass is 447 g/mol. The van der Waals surface area contributed by atoms with E-state index in [0.29, 0.717) is 12.0 Å². The highest BCUT2D eigenvalue weighted by Crippen LogP contribution is 2.35. The van der Waals surface area contributed by atoms with E-state index in [1.807, 2.05) is 24.3 Å². The van der Waals surface area contributed by atoms with Gasteiger partial charge in [-0.3, -0.25) is 4.79 Å². The third-order valence-corrected chi connectivity index (χ3v) is 5.45. The topological polar surface area (TPSA) is 90.9 Å². The second-order valence-electron chi connectivity index (χ2n) is 7.88. The van der Waals surface area contributed by atoms with Gasteiger partial charge in [0.25, 0.3) is 0 Å². The van der Waals surface area contributed by atoms with Crippen molar-refractivity contribution in [3.63, 3.8) is 0 Å². The number of anilines is 1. The maximum Gasteiger partial charge on any atom is 0.349 e. The summed E-state index contributed by atoms with van der Waals surface area (Å²) < 4.78 is 15.7. The Morgan fingerprint density at radius 2 is 1.71 bits per heavy atom. The summed E-state index contributed by atoms with van der Waals surface area (Å²) >= 11 is 1.02. The van der Waals surface area contributed by atoms with E-state index in [9.17, 15) is 14.4 Å². The summed E-state index contributed by atoms with van der Waals surface area (Å²) in [6.07, 6.45) is 0.737. The minimum Gasteiger partial charge on any atom is -0.497 e. The van der Waals surface area contributed by atoms with Crippen LogP contribution < -0.4 is 10.1 Å². The van der Waals surface area contributed by atoms with Crippen LogP contribution in [0.2, 0.25) is 0 Å². The van der Waals surface area contributed by atoms with Gasteiger partial charge in [0.1, 0.15) is 21.2 Å². The van der Waals surface area contributed by atoms with E-state index in [1.54, 1.807) is 41.7 Å². The van der Waals surface area contributed by atoms with Crippen LogP contribution in [0.5, 0.6) is 5.75 Å². The Morgan fingerprint density at radius 1 is 1.06 bits per heavy atom.